The smallest absolute Gasteiger partial charge is 0.317 e. The van der Waals surface area contributed by atoms with Crippen molar-refractivity contribution >= 4 is 5.97 Å². The lowest BCUT2D eigenvalue weighted by Crippen LogP contribution is -2.07. The van der Waals surface area contributed by atoms with Gasteiger partial charge in [-0.25, -0.2) is 0 Å². The van der Waals surface area contributed by atoms with Gasteiger partial charge in [-0.15, -0.1) is 0 Å². The highest BCUT2D eigenvalue weighted by atomic mass is 16.5. The molecule has 0 spiro atoms. The standard InChI is InChI=1S/C12H18O2/c1-2-3-4-5-6-7-8-11-9-10-14-12(11)13/h3-4,9-11H,2,5-8H2,1H3. The van der Waals surface area contributed by atoms with Crippen LogP contribution in [0.1, 0.15) is 39.0 Å². The van der Waals surface area contributed by atoms with Crippen LogP contribution in [0.4, 0.5) is 0 Å². The number of unbranched alkanes of at least 4 members (excludes halogenated alkanes) is 2. The molecule has 78 valence electrons. The van der Waals surface area contributed by atoms with Gasteiger partial charge in [-0.3, -0.25) is 4.79 Å². The van der Waals surface area contributed by atoms with Crippen molar-refractivity contribution in [2.24, 2.45) is 5.92 Å². The summed E-state index contributed by atoms with van der Waals surface area (Å²) in [5.74, 6) is -0.0701. The summed E-state index contributed by atoms with van der Waals surface area (Å²) in [5.41, 5.74) is 0. The molecule has 1 unspecified atom stereocenters. The van der Waals surface area contributed by atoms with Crippen molar-refractivity contribution in [3.63, 3.8) is 0 Å². The Morgan fingerprint density at radius 1 is 1.43 bits per heavy atom. The minimum absolute atomic E-state index is 0.0187. The maximum Gasteiger partial charge on any atom is 0.317 e. The second-order valence-electron chi connectivity index (χ2n) is 3.54. The van der Waals surface area contributed by atoms with Gasteiger partial charge in [0.2, 0.25) is 0 Å². The van der Waals surface area contributed by atoms with Gasteiger partial charge >= 0.3 is 5.97 Å². The van der Waals surface area contributed by atoms with Crippen LogP contribution in [-0.2, 0) is 9.53 Å². The van der Waals surface area contributed by atoms with E-state index in [0.29, 0.717) is 0 Å². The van der Waals surface area contributed by atoms with Crippen molar-refractivity contribution in [3.8, 4) is 0 Å². The number of cyclic esters (lactones) is 1. The number of carbonyl (C=O) groups excluding carboxylic acids is 1. The van der Waals surface area contributed by atoms with Crippen LogP contribution in [0.5, 0.6) is 0 Å². The Balaban J connectivity index is 2.01. The van der Waals surface area contributed by atoms with E-state index in [-0.39, 0.29) is 11.9 Å². The van der Waals surface area contributed by atoms with Crippen LogP contribution in [0, 0.1) is 5.92 Å². The van der Waals surface area contributed by atoms with Crippen LogP contribution in [0.25, 0.3) is 0 Å². The average Bonchev–Trinajstić information content (AvgIpc) is 2.58. The lowest BCUT2D eigenvalue weighted by Gasteiger charge is -2.02. The lowest BCUT2D eigenvalue weighted by molar-refractivity contribution is -0.139. The van der Waals surface area contributed by atoms with Crippen molar-refractivity contribution < 1.29 is 9.53 Å². The molecule has 1 heterocycles. The van der Waals surface area contributed by atoms with Crippen LogP contribution < -0.4 is 0 Å². The molecule has 1 rings (SSSR count). The third-order valence-electron chi connectivity index (χ3n) is 2.34. The highest BCUT2D eigenvalue weighted by molar-refractivity contribution is 5.77. The molecular formula is C12H18O2. The molecular weight excluding hydrogens is 176 g/mol. The van der Waals surface area contributed by atoms with E-state index in [1.165, 1.54) is 6.26 Å². The number of hydrogen-bond acceptors (Lipinski definition) is 2. The molecule has 0 aliphatic carbocycles. The zero-order valence-electron chi connectivity index (χ0n) is 8.74. The Morgan fingerprint density at radius 2 is 2.29 bits per heavy atom. The molecule has 1 atom stereocenters. The van der Waals surface area contributed by atoms with Crippen LogP contribution >= 0.6 is 0 Å². The Morgan fingerprint density at radius 3 is 2.93 bits per heavy atom. The minimum atomic E-state index is -0.0888. The summed E-state index contributed by atoms with van der Waals surface area (Å²) in [6, 6.07) is 0. The molecule has 0 aromatic rings. The molecule has 1 aliphatic heterocycles. The van der Waals surface area contributed by atoms with Crippen LogP contribution in [-0.4, -0.2) is 5.97 Å². The molecule has 0 aromatic carbocycles. The third-order valence-corrected chi connectivity index (χ3v) is 2.34. The Labute approximate surface area is 85.6 Å². The van der Waals surface area contributed by atoms with Gasteiger partial charge in [0.1, 0.15) is 0 Å². The molecule has 0 N–H and O–H groups in total. The van der Waals surface area contributed by atoms with Crippen molar-refractivity contribution in [2.75, 3.05) is 0 Å². The average molecular weight is 194 g/mol. The number of ether oxygens (including phenoxy) is 1. The van der Waals surface area contributed by atoms with E-state index in [4.69, 9.17) is 4.74 Å². The fraction of sp³-hybridized carbons (Fsp3) is 0.583. The monoisotopic (exact) mass is 194 g/mol. The summed E-state index contributed by atoms with van der Waals surface area (Å²) >= 11 is 0. The van der Waals surface area contributed by atoms with Crippen molar-refractivity contribution in [3.05, 3.63) is 24.5 Å². The van der Waals surface area contributed by atoms with Gasteiger partial charge in [0.15, 0.2) is 0 Å². The molecule has 0 fully saturated rings. The Bertz CT molecular complexity index is 228. The second-order valence-corrected chi connectivity index (χ2v) is 3.54. The summed E-state index contributed by atoms with van der Waals surface area (Å²) < 4.78 is 4.73. The minimum Gasteiger partial charge on any atom is -0.434 e. The normalized spacial score (nSPS) is 20.6. The van der Waals surface area contributed by atoms with E-state index in [9.17, 15) is 4.79 Å². The third kappa shape index (κ3) is 3.77. The maximum atomic E-state index is 11.0. The summed E-state index contributed by atoms with van der Waals surface area (Å²) in [7, 11) is 0. The quantitative estimate of drug-likeness (QED) is 0.369. The van der Waals surface area contributed by atoms with Crippen molar-refractivity contribution in [2.45, 2.75) is 39.0 Å². The van der Waals surface area contributed by atoms with Gasteiger partial charge in [-0.2, -0.15) is 0 Å². The fourth-order valence-corrected chi connectivity index (χ4v) is 1.49. The summed E-state index contributed by atoms with van der Waals surface area (Å²) in [5, 5.41) is 0. The summed E-state index contributed by atoms with van der Waals surface area (Å²) in [6.07, 6.45) is 13.2. The predicted octanol–water partition coefficient (Wildman–Crippen LogP) is 3.20. The van der Waals surface area contributed by atoms with Crippen molar-refractivity contribution in [1.82, 2.24) is 0 Å². The van der Waals surface area contributed by atoms with Gasteiger partial charge < -0.3 is 4.74 Å². The largest absolute Gasteiger partial charge is 0.434 e. The van der Waals surface area contributed by atoms with Gasteiger partial charge in [0.05, 0.1) is 12.2 Å². The van der Waals surface area contributed by atoms with Crippen LogP contribution in [0.15, 0.2) is 24.5 Å². The molecule has 0 aromatic heterocycles. The first-order chi connectivity index (χ1) is 6.84. The Kier molecular flexibility index (Phi) is 5.05. The first-order valence-electron chi connectivity index (χ1n) is 5.36. The molecule has 1 aliphatic rings. The topological polar surface area (TPSA) is 26.3 Å². The molecule has 14 heavy (non-hydrogen) atoms. The first-order valence-corrected chi connectivity index (χ1v) is 5.36. The van der Waals surface area contributed by atoms with Gasteiger partial charge in [-0.1, -0.05) is 25.5 Å². The van der Waals surface area contributed by atoms with E-state index in [1.54, 1.807) is 0 Å². The second kappa shape index (κ2) is 6.41. The first kappa shape index (κ1) is 11.0. The highest BCUT2D eigenvalue weighted by Gasteiger charge is 2.20. The number of allylic oxidation sites excluding steroid dienone is 2. The zero-order chi connectivity index (χ0) is 10.2. The van der Waals surface area contributed by atoms with Gasteiger partial charge in [0.25, 0.3) is 0 Å². The number of esters is 1. The number of rotatable bonds is 6. The Hall–Kier alpha value is -1.05. The molecule has 0 saturated carbocycles. The zero-order valence-corrected chi connectivity index (χ0v) is 8.74. The van der Waals surface area contributed by atoms with E-state index in [1.807, 2.05) is 6.08 Å². The molecule has 0 radical (unpaired) electrons. The maximum absolute atomic E-state index is 11.0. The number of hydrogen-bond donors (Lipinski definition) is 0. The van der Waals surface area contributed by atoms with Crippen LogP contribution in [0.2, 0.25) is 0 Å². The predicted molar refractivity (Wildman–Crippen MR) is 56.6 cm³/mol. The van der Waals surface area contributed by atoms with E-state index >= 15 is 0 Å². The van der Waals surface area contributed by atoms with Crippen molar-refractivity contribution in [1.29, 1.82) is 0 Å². The van der Waals surface area contributed by atoms with Crippen LogP contribution in [0.3, 0.4) is 0 Å². The molecule has 0 bridgehead atoms. The molecule has 0 saturated heterocycles. The van der Waals surface area contributed by atoms with E-state index < -0.39 is 0 Å². The SMILES string of the molecule is CCC=CCCCCC1C=COC1=O. The van der Waals surface area contributed by atoms with E-state index in [0.717, 1.165) is 32.1 Å². The summed E-state index contributed by atoms with van der Waals surface area (Å²) in [6.45, 7) is 2.13. The van der Waals surface area contributed by atoms with E-state index in [2.05, 4.69) is 19.1 Å². The fourth-order valence-electron chi connectivity index (χ4n) is 1.49. The lowest BCUT2D eigenvalue weighted by atomic mass is 10.0. The molecule has 2 nitrogen and oxygen atoms in total. The number of carbonyl (C=O) groups is 1. The summed E-state index contributed by atoms with van der Waals surface area (Å²) in [4.78, 5) is 11.0. The van der Waals surface area contributed by atoms with Gasteiger partial charge in [-0.05, 0) is 31.8 Å². The molecule has 0 amide bonds. The highest BCUT2D eigenvalue weighted by Crippen LogP contribution is 2.18. The van der Waals surface area contributed by atoms with Gasteiger partial charge in [0, 0.05) is 0 Å². The molecule has 2 heteroatoms.